The number of carboxylic acid groups (broad SMARTS) is 1. The summed E-state index contributed by atoms with van der Waals surface area (Å²) in [6.07, 6.45) is 1.54. The second-order valence-electron chi connectivity index (χ2n) is 4.58. The Balaban J connectivity index is 2.25. The van der Waals surface area contributed by atoms with Crippen LogP contribution in [-0.4, -0.2) is 26.2 Å². The quantitative estimate of drug-likeness (QED) is 0.690. The fourth-order valence-corrected chi connectivity index (χ4v) is 2.28. The highest BCUT2D eigenvalue weighted by Gasteiger charge is 2.15. The molecule has 1 heterocycles. The van der Waals surface area contributed by atoms with Crippen LogP contribution in [0.25, 0.3) is 22.2 Å². The van der Waals surface area contributed by atoms with Gasteiger partial charge < -0.3 is 15.2 Å². The molecule has 3 N–H and O–H groups in total. The molecular formula is C15H11FN2O3. The average molecular weight is 286 g/mol. The maximum Gasteiger partial charge on any atom is 0.335 e. The van der Waals surface area contributed by atoms with E-state index in [4.69, 9.17) is 5.11 Å². The van der Waals surface area contributed by atoms with Gasteiger partial charge in [-0.25, -0.2) is 14.2 Å². The molecule has 0 fully saturated rings. The predicted octanol–water partition coefficient (Wildman–Crippen LogP) is 2.56. The number of halogens is 1. The van der Waals surface area contributed by atoms with Gasteiger partial charge in [-0.2, -0.15) is 0 Å². The number of nitrogens with zero attached hydrogens (tertiary/aromatic N) is 1. The van der Waals surface area contributed by atoms with Gasteiger partial charge in [0.1, 0.15) is 5.82 Å². The number of rotatable bonds is 3. The van der Waals surface area contributed by atoms with Crippen molar-refractivity contribution in [3.63, 3.8) is 0 Å². The van der Waals surface area contributed by atoms with Crippen molar-refractivity contribution in [2.75, 3.05) is 0 Å². The van der Waals surface area contributed by atoms with Crippen LogP contribution in [0, 0.1) is 5.82 Å². The Kier molecular flexibility index (Phi) is 3.15. The molecule has 3 aromatic rings. The zero-order chi connectivity index (χ0) is 15.0. The molecule has 0 amide bonds. The SMILES string of the molecule is O=C(O)c1cc(F)c(CO)c(-c2ccc3nc[nH]c3c2)c1. The van der Waals surface area contributed by atoms with Crippen LogP contribution in [0.15, 0.2) is 36.7 Å². The molecule has 5 nitrogen and oxygen atoms in total. The minimum absolute atomic E-state index is 0.0684. The van der Waals surface area contributed by atoms with Crippen molar-refractivity contribution in [3.05, 3.63) is 53.6 Å². The highest BCUT2D eigenvalue weighted by atomic mass is 19.1. The first kappa shape index (κ1) is 13.3. The van der Waals surface area contributed by atoms with E-state index < -0.39 is 18.4 Å². The molecule has 0 saturated carbocycles. The number of imidazole rings is 1. The van der Waals surface area contributed by atoms with E-state index in [1.807, 2.05) is 0 Å². The molecule has 0 atom stereocenters. The molecule has 106 valence electrons. The lowest BCUT2D eigenvalue weighted by Crippen LogP contribution is -2.02. The first-order valence-electron chi connectivity index (χ1n) is 6.20. The Morgan fingerprint density at radius 1 is 1.29 bits per heavy atom. The minimum atomic E-state index is -1.22. The Morgan fingerprint density at radius 2 is 2.10 bits per heavy atom. The Morgan fingerprint density at radius 3 is 2.81 bits per heavy atom. The molecule has 0 radical (unpaired) electrons. The van der Waals surface area contributed by atoms with Gasteiger partial charge in [0.15, 0.2) is 0 Å². The summed E-state index contributed by atoms with van der Waals surface area (Å²) in [7, 11) is 0. The lowest BCUT2D eigenvalue weighted by atomic mass is 9.96. The lowest BCUT2D eigenvalue weighted by molar-refractivity contribution is 0.0696. The van der Waals surface area contributed by atoms with E-state index in [-0.39, 0.29) is 11.1 Å². The summed E-state index contributed by atoms with van der Waals surface area (Å²) < 4.78 is 14.0. The number of fused-ring (bicyclic) bond motifs is 1. The highest BCUT2D eigenvalue weighted by molar-refractivity contribution is 5.91. The molecule has 1 aromatic heterocycles. The van der Waals surface area contributed by atoms with Crippen molar-refractivity contribution < 1.29 is 19.4 Å². The van der Waals surface area contributed by atoms with Crippen molar-refractivity contribution in [3.8, 4) is 11.1 Å². The molecular weight excluding hydrogens is 275 g/mol. The van der Waals surface area contributed by atoms with Gasteiger partial charge in [-0.15, -0.1) is 0 Å². The number of carbonyl (C=O) groups is 1. The highest BCUT2D eigenvalue weighted by Crippen LogP contribution is 2.29. The van der Waals surface area contributed by atoms with Crippen molar-refractivity contribution in [2.45, 2.75) is 6.61 Å². The minimum Gasteiger partial charge on any atom is -0.478 e. The average Bonchev–Trinajstić information content (AvgIpc) is 2.93. The van der Waals surface area contributed by atoms with E-state index in [0.29, 0.717) is 11.1 Å². The zero-order valence-corrected chi connectivity index (χ0v) is 10.8. The van der Waals surface area contributed by atoms with Gasteiger partial charge in [0, 0.05) is 5.56 Å². The third kappa shape index (κ3) is 2.25. The Bertz CT molecular complexity index is 842. The molecule has 3 rings (SSSR count). The van der Waals surface area contributed by atoms with Gasteiger partial charge in [0.05, 0.1) is 29.5 Å². The summed E-state index contributed by atoms with van der Waals surface area (Å²) in [5, 5.41) is 18.4. The van der Waals surface area contributed by atoms with Crippen LogP contribution < -0.4 is 0 Å². The number of benzene rings is 2. The third-order valence-corrected chi connectivity index (χ3v) is 3.33. The third-order valence-electron chi connectivity index (χ3n) is 3.33. The smallest absolute Gasteiger partial charge is 0.335 e. The Labute approximate surface area is 118 Å². The van der Waals surface area contributed by atoms with E-state index in [0.717, 1.165) is 17.1 Å². The van der Waals surface area contributed by atoms with E-state index >= 15 is 0 Å². The molecule has 0 spiro atoms. The number of aromatic amines is 1. The second kappa shape index (κ2) is 4.99. The summed E-state index contributed by atoms with van der Waals surface area (Å²) >= 11 is 0. The van der Waals surface area contributed by atoms with E-state index in [1.54, 1.807) is 18.2 Å². The molecule has 2 aromatic carbocycles. The maximum atomic E-state index is 14.0. The number of aliphatic hydroxyl groups is 1. The van der Waals surface area contributed by atoms with Crippen molar-refractivity contribution in [1.29, 1.82) is 0 Å². The number of aromatic carboxylic acids is 1. The summed E-state index contributed by atoms with van der Waals surface area (Å²) in [6, 6.07) is 7.46. The standard InChI is InChI=1S/C15H11FN2O3/c16-12-4-9(15(20)21)3-10(11(12)6-19)8-1-2-13-14(5-8)18-7-17-13/h1-5,7,19H,6H2,(H,17,18)(H,20,21). The molecule has 6 heteroatoms. The second-order valence-corrected chi connectivity index (χ2v) is 4.58. The largest absolute Gasteiger partial charge is 0.478 e. The van der Waals surface area contributed by atoms with Gasteiger partial charge in [-0.05, 0) is 35.4 Å². The van der Waals surface area contributed by atoms with Crippen molar-refractivity contribution in [1.82, 2.24) is 9.97 Å². The summed E-state index contributed by atoms with van der Waals surface area (Å²) in [5.74, 6) is -1.96. The van der Waals surface area contributed by atoms with Gasteiger partial charge in [-0.1, -0.05) is 6.07 Å². The molecule has 0 aliphatic rings. The van der Waals surface area contributed by atoms with E-state index in [1.165, 1.54) is 12.4 Å². The monoisotopic (exact) mass is 286 g/mol. The summed E-state index contributed by atoms with van der Waals surface area (Å²) in [6.45, 7) is -0.512. The normalized spacial score (nSPS) is 11.0. The van der Waals surface area contributed by atoms with Crippen molar-refractivity contribution in [2.24, 2.45) is 0 Å². The molecule has 21 heavy (non-hydrogen) atoms. The maximum absolute atomic E-state index is 14.0. The number of hydrogen-bond donors (Lipinski definition) is 3. The number of H-pyrrole nitrogens is 1. The first-order chi connectivity index (χ1) is 10.1. The molecule has 0 unspecified atom stereocenters. The van der Waals surface area contributed by atoms with Gasteiger partial charge in [0.25, 0.3) is 0 Å². The van der Waals surface area contributed by atoms with Crippen LogP contribution in [0.4, 0.5) is 4.39 Å². The molecule has 0 saturated heterocycles. The summed E-state index contributed by atoms with van der Waals surface area (Å²) in [4.78, 5) is 18.1. The lowest BCUT2D eigenvalue weighted by Gasteiger charge is -2.10. The van der Waals surface area contributed by atoms with E-state index in [2.05, 4.69) is 9.97 Å². The number of carboxylic acids is 1. The molecule has 0 aliphatic heterocycles. The number of aromatic nitrogens is 2. The van der Waals surface area contributed by atoms with Crippen LogP contribution in [0.1, 0.15) is 15.9 Å². The van der Waals surface area contributed by atoms with Crippen LogP contribution >= 0.6 is 0 Å². The number of nitrogens with one attached hydrogen (secondary N) is 1. The number of aliphatic hydroxyl groups excluding tert-OH is 1. The van der Waals surface area contributed by atoms with Gasteiger partial charge in [0.2, 0.25) is 0 Å². The van der Waals surface area contributed by atoms with Gasteiger partial charge >= 0.3 is 5.97 Å². The topological polar surface area (TPSA) is 86.2 Å². The molecule has 0 aliphatic carbocycles. The van der Waals surface area contributed by atoms with Crippen LogP contribution in [0.5, 0.6) is 0 Å². The van der Waals surface area contributed by atoms with Gasteiger partial charge in [-0.3, -0.25) is 0 Å². The zero-order valence-electron chi connectivity index (χ0n) is 10.8. The van der Waals surface area contributed by atoms with Crippen molar-refractivity contribution >= 4 is 17.0 Å². The molecule has 0 bridgehead atoms. The first-order valence-corrected chi connectivity index (χ1v) is 6.20. The Hall–Kier alpha value is -2.73. The fourth-order valence-electron chi connectivity index (χ4n) is 2.28. The van der Waals surface area contributed by atoms with Crippen LogP contribution in [0.3, 0.4) is 0 Å². The predicted molar refractivity (Wildman–Crippen MR) is 74.4 cm³/mol. The van der Waals surface area contributed by atoms with Crippen LogP contribution in [-0.2, 0) is 6.61 Å². The fraction of sp³-hybridized carbons (Fsp3) is 0.0667. The van der Waals surface area contributed by atoms with E-state index in [9.17, 15) is 14.3 Å². The van der Waals surface area contributed by atoms with Crippen LogP contribution in [0.2, 0.25) is 0 Å². The summed E-state index contributed by atoms with van der Waals surface area (Å²) in [5.41, 5.74) is 2.36. The number of hydrogen-bond acceptors (Lipinski definition) is 3.